The van der Waals surface area contributed by atoms with Gasteiger partial charge in [-0.25, -0.2) is 0 Å². The highest BCUT2D eigenvalue weighted by Gasteiger charge is 1.94. The molecule has 0 aromatic heterocycles. The topological polar surface area (TPSA) is 30.5 Å². The first kappa shape index (κ1) is 7.98. The van der Waals surface area contributed by atoms with Gasteiger partial charge in [-0.05, 0) is 25.9 Å². The third-order valence-corrected chi connectivity index (χ3v) is 1.45. The van der Waals surface area contributed by atoms with Gasteiger partial charge in [0, 0.05) is 0 Å². The summed E-state index contributed by atoms with van der Waals surface area (Å²) in [6.45, 7) is 4.75. The Kier molecular flexibility index (Phi) is 4.51. The van der Waals surface area contributed by atoms with Crippen molar-refractivity contribution in [1.29, 1.82) is 0 Å². The molecule has 3 heteroatoms. The zero-order valence-corrected chi connectivity index (χ0v) is 6.27. The molecule has 0 amide bonds. The third-order valence-electron chi connectivity index (χ3n) is 1.45. The van der Waals surface area contributed by atoms with Crippen LogP contribution >= 0.6 is 0 Å². The molecule has 2 rings (SSSR count). The Morgan fingerprint density at radius 3 is 1.50 bits per heavy atom. The Morgan fingerprint density at radius 2 is 1.40 bits per heavy atom. The molecule has 0 unspecified atom stereocenters. The molecule has 2 aliphatic rings. The second kappa shape index (κ2) is 5.65. The molecule has 0 bridgehead atoms. The fourth-order valence-electron chi connectivity index (χ4n) is 0.617. The van der Waals surface area contributed by atoms with Crippen molar-refractivity contribution in [2.75, 3.05) is 33.1 Å². The summed E-state index contributed by atoms with van der Waals surface area (Å²) in [6.07, 6.45) is 2.44. The Balaban J connectivity index is 0.000000108. The van der Waals surface area contributed by atoms with Crippen LogP contribution in [0.4, 0.5) is 0 Å². The van der Waals surface area contributed by atoms with E-state index < -0.39 is 0 Å². The first-order valence-corrected chi connectivity index (χ1v) is 3.86. The van der Waals surface area contributed by atoms with Crippen molar-refractivity contribution < 1.29 is 9.47 Å². The van der Waals surface area contributed by atoms with E-state index in [1.807, 2.05) is 0 Å². The Hall–Kier alpha value is -0.120. The zero-order valence-electron chi connectivity index (χ0n) is 6.27. The van der Waals surface area contributed by atoms with Gasteiger partial charge < -0.3 is 14.8 Å². The Labute approximate surface area is 61.7 Å². The quantitative estimate of drug-likeness (QED) is 0.534. The second-order valence-corrected chi connectivity index (χ2v) is 2.39. The van der Waals surface area contributed by atoms with E-state index in [1.54, 1.807) is 0 Å². The van der Waals surface area contributed by atoms with Gasteiger partial charge in [0.2, 0.25) is 0 Å². The molecule has 1 N–H and O–H groups in total. The fourth-order valence-corrected chi connectivity index (χ4v) is 0.617. The molecule has 10 heavy (non-hydrogen) atoms. The smallest absolute Gasteiger partial charge is 0.146 e. The van der Waals surface area contributed by atoms with E-state index in [-0.39, 0.29) is 0 Å². The molecule has 2 saturated heterocycles. The summed E-state index contributed by atoms with van der Waals surface area (Å²) in [6, 6.07) is 0. The second-order valence-electron chi connectivity index (χ2n) is 2.39. The predicted octanol–water partition coefficient (Wildman–Crippen LogP) is 0.360. The summed E-state index contributed by atoms with van der Waals surface area (Å²) >= 11 is 0. The van der Waals surface area contributed by atoms with Crippen LogP contribution in [0.15, 0.2) is 0 Å². The van der Waals surface area contributed by atoms with Crippen molar-refractivity contribution in [1.82, 2.24) is 5.32 Å². The van der Waals surface area contributed by atoms with Crippen LogP contribution in [0.3, 0.4) is 0 Å². The first-order chi connectivity index (χ1) is 5.00. The van der Waals surface area contributed by atoms with Crippen molar-refractivity contribution >= 4 is 0 Å². The summed E-state index contributed by atoms with van der Waals surface area (Å²) in [5.74, 6) is 0. The van der Waals surface area contributed by atoms with Crippen LogP contribution in [0.25, 0.3) is 0 Å². The van der Waals surface area contributed by atoms with Crippen molar-refractivity contribution in [2.45, 2.75) is 12.8 Å². The summed E-state index contributed by atoms with van der Waals surface area (Å²) in [5, 5.41) is 3.11. The molecule has 60 valence electrons. The van der Waals surface area contributed by atoms with Gasteiger partial charge in [0.05, 0.1) is 13.2 Å². The summed E-state index contributed by atoms with van der Waals surface area (Å²) in [5.41, 5.74) is 0. The molecule has 2 fully saturated rings. The van der Waals surface area contributed by atoms with Gasteiger partial charge in [0.1, 0.15) is 6.79 Å². The maximum Gasteiger partial charge on any atom is 0.146 e. The molecular weight excluding hydrogens is 130 g/mol. The molecule has 0 saturated carbocycles. The molecule has 2 heterocycles. The van der Waals surface area contributed by atoms with Crippen LogP contribution in [0.2, 0.25) is 0 Å². The van der Waals surface area contributed by atoms with Gasteiger partial charge in [-0.15, -0.1) is 0 Å². The van der Waals surface area contributed by atoms with Crippen LogP contribution in [-0.2, 0) is 9.47 Å². The van der Waals surface area contributed by atoms with Gasteiger partial charge >= 0.3 is 0 Å². The minimum Gasteiger partial charge on any atom is -0.355 e. The Bertz CT molecular complexity index is 54.5. The van der Waals surface area contributed by atoms with E-state index in [2.05, 4.69) is 5.32 Å². The van der Waals surface area contributed by atoms with Crippen LogP contribution in [-0.4, -0.2) is 33.1 Å². The molecule has 0 aliphatic carbocycles. The average molecular weight is 145 g/mol. The molecule has 0 aromatic rings. The zero-order chi connectivity index (χ0) is 7.07. The SMILES string of the molecule is C1CNC1.C1COCOC1. The van der Waals surface area contributed by atoms with Crippen LogP contribution < -0.4 is 5.32 Å². The largest absolute Gasteiger partial charge is 0.355 e. The van der Waals surface area contributed by atoms with Crippen LogP contribution in [0.5, 0.6) is 0 Å². The van der Waals surface area contributed by atoms with E-state index >= 15 is 0 Å². The van der Waals surface area contributed by atoms with E-state index in [4.69, 9.17) is 9.47 Å². The lowest BCUT2D eigenvalue weighted by molar-refractivity contribution is -0.0963. The highest BCUT2D eigenvalue weighted by Crippen LogP contribution is 1.91. The van der Waals surface area contributed by atoms with Crippen molar-refractivity contribution in [3.8, 4) is 0 Å². The van der Waals surface area contributed by atoms with Crippen molar-refractivity contribution in [3.63, 3.8) is 0 Å². The lowest BCUT2D eigenvalue weighted by Crippen LogP contribution is -2.29. The average Bonchev–Trinajstić information content (AvgIpc) is 1.88. The summed E-state index contributed by atoms with van der Waals surface area (Å²) < 4.78 is 9.69. The van der Waals surface area contributed by atoms with Crippen LogP contribution in [0.1, 0.15) is 12.8 Å². The van der Waals surface area contributed by atoms with Gasteiger partial charge in [-0.3, -0.25) is 0 Å². The minimum atomic E-state index is 0.500. The number of rotatable bonds is 0. The highest BCUT2D eigenvalue weighted by molar-refractivity contribution is 4.56. The first-order valence-electron chi connectivity index (χ1n) is 3.86. The number of ether oxygens (including phenoxy) is 2. The van der Waals surface area contributed by atoms with E-state index in [1.165, 1.54) is 19.5 Å². The lowest BCUT2D eigenvalue weighted by atomic mass is 10.3. The van der Waals surface area contributed by atoms with Gasteiger partial charge in [0.25, 0.3) is 0 Å². The lowest BCUT2D eigenvalue weighted by Gasteiger charge is -2.09. The molecule has 0 atom stereocenters. The molecule has 0 aromatic carbocycles. The number of hydrogen-bond acceptors (Lipinski definition) is 3. The summed E-state index contributed by atoms with van der Waals surface area (Å²) in [7, 11) is 0. The monoisotopic (exact) mass is 145 g/mol. The normalized spacial score (nSPS) is 24.0. The minimum absolute atomic E-state index is 0.500. The predicted molar refractivity (Wildman–Crippen MR) is 38.9 cm³/mol. The molecule has 0 radical (unpaired) electrons. The summed E-state index contributed by atoms with van der Waals surface area (Å²) in [4.78, 5) is 0. The Morgan fingerprint density at radius 1 is 0.900 bits per heavy atom. The van der Waals surface area contributed by atoms with E-state index in [0.29, 0.717) is 6.79 Å². The molecular formula is C7H15NO2. The van der Waals surface area contributed by atoms with E-state index in [0.717, 1.165) is 19.6 Å². The van der Waals surface area contributed by atoms with Crippen molar-refractivity contribution in [3.05, 3.63) is 0 Å². The molecule has 3 nitrogen and oxygen atoms in total. The van der Waals surface area contributed by atoms with Gasteiger partial charge in [-0.2, -0.15) is 0 Å². The van der Waals surface area contributed by atoms with E-state index in [9.17, 15) is 0 Å². The molecule has 2 aliphatic heterocycles. The standard InChI is InChI=1S/C4H8O2.C3H7N/c1-2-5-4-6-3-1;1-2-4-3-1/h1-4H2;4H,1-3H2. The maximum atomic E-state index is 4.85. The maximum absolute atomic E-state index is 4.85. The van der Waals surface area contributed by atoms with Gasteiger partial charge in [0.15, 0.2) is 0 Å². The number of nitrogens with one attached hydrogen (secondary N) is 1. The van der Waals surface area contributed by atoms with Gasteiger partial charge in [-0.1, -0.05) is 0 Å². The van der Waals surface area contributed by atoms with Crippen molar-refractivity contribution in [2.24, 2.45) is 0 Å². The third kappa shape index (κ3) is 3.82. The highest BCUT2D eigenvalue weighted by atomic mass is 16.7. The fraction of sp³-hybridized carbons (Fsp3) is 1.00. The number of hydrogen-bond donors (Lipinski definition) is 1. The molecule has 0 spiro atoms. The van der Waals surface area contributed by atoms with Crippen LogP contribution in [0, 0.1) is 0 Å².